The summed E-state index contributed by atoms with van der Waals surface area (Å²) in [7, 11) is -4.20. The van der Waals surface area contributed by atoms with Gasteiger partial charge in [-0.3, -0.25) is 13.9 Å². The number of sulfonamides is 1. The van der Waals surface area contributed by atoms with Crippen molar-refractivity contribution in [2.24, 2.45) is 0 Å². The molecule has 1 saturated carbocycles. The number of nitrogens with one attached hydrogen (secondary N) is 1. The Morgan fingerprint density at radius 1 is 0.949 bits per heavy atom. The number of nitrogens with zero attached hydrogens (tertiary/aromatic N) is 2. The second-order valence-corrected chi connectivity index (χ2v) is 12.3. The molecule has 0 saturated heterocycles. The van der Waals surface area contributed by atoms with Gasteiger partial charge in [-0.15, -0.1) is 0 Å². The number of amides is 2. The van der Waals surface area contributed by atoms with E-state index in [0.717, 1.165) is 35.6 Å². The van der Waals surface area contributed by atoms with Gasteiger partial charge in [0.25, 0.3) is 10.0 Å². The van der Waals surface area contributed by atoms with Crippen molar-refractivity contribution in [3.63, 3.8) is 0 Å². The van der Waals surface area contributed by atoms with Crippen LogP contribution in [0, 0.1) is 0 Å². The van der Waals surface area contributed by atoms with E-state index in [1.54, 1.807) is 25.1 Å². The van der Waals surface area contributed by atoms with Crippen molar-refractivity contribution in [1.29, 1.82) is 0 Å². The fourth-order valence-corrected chi connectivity index (χ4v) is 6.69. The highest BCUT2D eigenvalue weighted by atomic mass is 35.5. The second kappa shape index (κ2) is 12.9. The molecule has 1 aliphatic rings. The van der Waals surface area contributed by atoms with E-state index in [-0.39, 0.29) is 34.1 Å². The van der Waals surface area contributed by atoms with E-state index in [1.807, 2.05) is 30.3 Å². The summed E-state index contributed by atoms with van der Waals surface area (Å²) in [6.07, 6.45) is 3.92. The summed E-state index contributed by atoms with van der Waals surface area (Å²) < 4.78 is 28.6. The van der Waals surface area contributed by atoms with Gasteiger partial charge < -0.3 is 10.2 Å². The standard InChI is InChI=1S/C29H31Cl2N3O4S/c1-21(29(36)32-24-12-8-9-13-24)33(19-22-10-4-2-5-11-22)28(35)20-34(27-17-16-23(30)18-26(27)31)39(37,38)25-14-6-3-7-15-25/h2-7,10-11,14-18,21,24H,8-9,12-13,19-20H2,1H3,(H,32,36)/t21-/m0/s1. The van der Waals surface area contributed by atoms with Crippen LogP contribution in [0.2, 0.25) is 10.0 Å². The summed E-state index contributed by atoms with van der Waals surface area (Å²) in [5.74, 6) is -0.813. The van der Waals surface area contributed by atoms with E-state index in [2.05, 4.69) is 5.32 Å². The first-order valence-electron chi connectivity index (χ1n) is 12.8. The first-order valence-corrected chi connectivity index (χ1v) is 15.0. The molecule has 0 heterocycles. The first-order chi connectivity index (χ1) is 18.7. The molecule has 10 heteroatoms. The van der Waals surface area contributed by atoms with Crippen LogP contribution in [0.25, 0.3) is 0 Å². The molecule has 4 rings (SSSR count). The van der Waals surface area contributed by atoms with Crippen LogP contribution < -0.4 is 9.62 Å². The monoisotopic (exact) mass is 587 g/mol. The minimum atomic E-state index is -4.20. The van der Waals surface area contributed by atoms with Crippen LogP contribution in [0.4, 0.5) is 5.69 Å². The molecule has 1 aliphatic carbocycles. The first kappa shape index (κ1) is 28.9. The van der Waals surface area contributed by atoms with E-state index in [9.17, 15) is 18.0 Å². The highest BCUT2D eigenvalue weighted by Gasteiger charge is 2.34. The van der Waals surface area contributed by atoms with Gasteiger partial charge in [-0.05, 0) is 55.7 Å². The molecule has 0 spiro atoms. The van der Waals surface area contributed by atoms with E-state index >= 15 is 0 Å². The summed E-state index contributed by atoms with van der Waals surface area (Å²) in [6.45, 7) is 1.23. The number of anilines is 1. The Morgan fingerprint density at radius 2 is 1.56 bits per heavy atom. The summed E-state index contributed by atoms with van der Waals surface area (Å²) in [6, 6.07) is 20.8. The molecule has 39 heavy (non-hydrogen) atoms. The summed E-state index contributed by atoms with van der Waals surface area (Å²) in [5.41, 5.74) is 0.925. The van der Waals surface area contributed by atoms with Crippen LogP contribution in [0.3, 0.4) is 0 Å². The molecule has 1 fully saturated rings. The molecule has 0 unspecified atom stereocenters. The Kier molecular flexibility index (Phi) is 9.53. The van der Waals surface area contributed by atoms with E-state index in [1.165, 1.54) is 35.2 Å². The highest BCUT2D eigenvalue weighted by Crippen LogP contribution is 2.33. The zero-order chi connectivity index (χ0) is 28.0. The molecule has 1 N–H and O–H groups in total. The van der Waals surface area contributed by atoms with Gasteiger partial charge in [-0.2, -0.15) is 0 Å². The number of halogens is 2. The third kappa shape index (κ3) is 7.12. The molecule has 0 radical (unpaired) electrons. The fourth-order valence-electron chi connectivity index (χ4n) is 4.67. The number of carbonyl (C=O) groups excluding carboxylic acids is 2. The molecule has 206 valence electrons. The summed E-state index contributed by atoms with van der Waals surface area (Å²) >= 11 is 12.5. The smallest absolute Gasteiger partial charge is 0.264 e. The van der Waals surface area contributed by atoms with Crippen molar-refractivity contribution < 1.29 is 18.0 Å². The Morgan fingerprint density at radius 3 is 2.18 bits per heavy atom. The van der Waals surface area contributed by atoms with Crippen molar-refractivity contribution in [2.75, 3.05) is 10.8 Å². The van der Waals surface area contributed by atoms with Crippen LogP contribution in [0.15, 0.2) is 83.8 Å². The van der Waals surface area contributed by atoms with Crippen LogP contribution >= 0.6 is 23.2 Å². The average molecular weight is 589 g/mol. The molecular weight excluding hydrogens is 557 g/mol. The van der Waals surface area contributed by atoms with Gasteiger partial charge in [0, 0.05) is 17.6 Å². The van der Waals surface area contributed by atoms with Gasteiger partial charge in [-0.1, -0.05) is 84.6 Å². The zero-order valence-corrected chi connectivity index (χ0v) is 23.9. The fraction of sp³-hybridized carbons (Fsp3) is 0.310. The normalized spacial score (nSPS) is 14.5. The Bertz CT molecular complexity index is 1400. The predicted octanol–water partition coefficient (Wildman–Crippen LogP) is 5.66. The lowest BCUT2D eigenvalue weighted by atomic mass is 10.1. The molecule has 1 atom stereocenters. The minimum Gasteiger partial charge on any atom is -0.352 e. The molecule has 0 aliphatic heterocycles. The largest absolute Gasteiger partial charge is 0.352 e. The molecule has 0 bridgehead atoms. The Hall–Kier alpha value is -3.07. The van der Waals surface area contributed by atoms with Gasteiger partial charge in [0.05, 0.1) is 15.6 Å². The quantitative estimate of drug-likeness (QED) is 0.331. The van der Waals surface area contributed by atoms with E-state index in [4.69, 9.17) is 23.2 Å². The Labute approximate surface area is 239 Å². The lowest BCUT2D eigenvalue weighted by molar-refractivity contribution is -0.139. The predicted molar refractivity (Wildman–Crippen MR) is 154 cm³/mol. The number of carbonyl (C=O) groups is 2. The number of hydrogen-bond acceptors (Lipinski definition) is 4. The lowest BCUT2D eigenvalue weighted by Gasteiger charge is -2.32. The molecule has 2 amide bonds. The van der Waals surface area contributed by atoms with Crippen LogP contribution in [-0.4, -0.2) is 43.8 Å². The third-order valence-corrected chi connectivity index (χ3v) is 9.16. The average Bonchev–Trinajstić information content (AvgIpc) is 3.44. The van der Waals surface area contributed by atoms with Crippen molar-refractivity contribution in [3.05, 3.63) is 94.5 Å². The highest BCUT2D eigenvalue weighted by molar-refractivity contribution is 7.92. The summed E-state index contributed by atoms with van der Waals surface area (Å²) in [5, 5.41) is 3.46. The van der Waals surface area contributed by atoms with Gasteiger partial charge in [0.15, 0.2) is 0 Å². The number of benzene rings is 3. The van der Waals surface area contributed by atoms with E-state index < -0.39 is 28.5 Å². The molecule has 3 aromatic carbocycles. The van der Waals surface area contributed by atoms with Crippen LogP contribution in [-0.2, 0) is 26.2 Å². The van der Waals surface area contributed by atoms with Crippen LogP contribution in [0.5, 0.6) is 0 Å². The van der Waals surface area contributed by atoms with Crippen molar-refractivity contribution in [1.82, 2.24) is 10.2 Å². The Balaban J connectivity index is 1.69. The van der Waals surface area contributed by atoms with E-state index in [0.29, 0.717) is 5.02 Å². The van der Waals surface area contributed by atoms with Gasteiger partial charge in [0.2, 0.25) is 11.8 Å². The SMILES string of the molecule is C[C@@H](C(=O)NC1CCCC1)N(Cc1ccccc1)C(=O)CN(c1ccc(Cl)cc1Cl)S(=O)(=O)c1ccccc1. The van der Waals surface area contributed by atoms with Gasteiger partial charge >= 0.3 is 0 Å². The summed E-state index contributed by atoms with van der Waals surface area (Å²) in [4.78, 5) is 28.6. The molecule has 7 nitrogen and oxygen atoms in total. The number of hydrogen-bond donors (Lipinski definition) is 1. The third-order valence-electron chi connectivity index (χ3n) is 6.85. The molecule has 0 aromatic heterocycles. The van der Waals surface area contributed by atoms with Crippen molar-refractivity contribution in [3.8, 4) is 0 Å². The molecule has 3 aromatic rings. The van der Waals surface area contributed by atoms with Gasteiger partial charge in [0.1, 0.15) is 12.6 Å². The van der Waals surface area contributed by atoms with Crippen molar-refractivity contribution >= 4 is 50.7 Å². The topological polar surface area (TPSA) is 86.8 Å². The zero-order valence-electron chi connectivity index (χ0n) is 21.6. The molecular formula is C29H31Cl2N3O4S. The maximum Gasteiger partial charge on any atom is 0.264 e. The number of rotatable bonds is 10. The van der Waals surface area contributed by atoms with Crippen molar-refractivity contribution in [2.45, 2.75) is 56.1 Å². The van der Waals surface area contributed by atoms with Gasteiger partial charge in [-0.25, -0.2) is 8.42 Å². The minimum absolute atomic E-state index is 0.00505. The maximum atomic E-state index is 13.9. The van der Waals surface area contributed by atoms with Crippen LogP contribution in [0.1, 0.15) is 38.2 Å². The lowest BCUT2D eigenvalue weighted by Crippen LogP contribution is -2.52. The maximum absolute atomic E-state index is 13.9. The second-order valence-electron chi connectivity index (χ2n) is 9.59.